The average Bonchev–Trinajstić information content (AvgIpc) is 2.85. The molecule has 0 aliphatic carbocycles. The zero-order valence-corrected chi connectivity index (χ0v) is 16.5. The van der Waals surface area contributed by atoms with E-state index in [2.05, 4.69) is 4.74 Å². The molecule has 28 heavy (non-hydrogen) atoms. The predicted molar refractivity (Wildman–Crippen MR) is 98.3 cm³/mol. The quantitative estimate of drug-likeness (QED) is 0.465. The van der Waals surface area contributed by atoms with Crippen molar-refractivity contribution in [3.63, 3.8) is 0 Å². The van der Waals surface area contributed by atoms with Crippen molar-refractivity contribution >= 4 is 52.4 Å². The number of ether oxygens (including phenoxy) is 2. The maximum absolute atomic E-state index is 13.1. The van der Waals surface area contributed by atoms with Crippen LogP contribution in [0, 0.1) is 0 Å². The van der Waals surface area contributed by atoms with E-state index < -0.39 is 38.7 Å². The normalized spacial score (nSPS) is 14.2. The highest BCUT2D eigenvalue weighted by Gasteiger charge is 2.37. The third-order valence-electron chi connectivity index (χ3n) is 3.57. The molecule has 1 aliphatic heterocycles. The van der Waals surface area contributed by atoms with Gasteiger partial charge in [-0.05, 0) is 18.2 Å². The lowest BCUT2D eigenvalue weighted by molar-refractivity contribution is -0.139. The van der Waals surface area contributed by atoms with Gasteiger partial charge in [0, 0.05) is 6.20 Å². The van der Waals surface area contributed by atoms with Crippen molar-refractivity contribution in [2.45, 2.75) is 6.18 Å². The van der Waals surface area contributed by atoms with Crippen LogP contribution < -0.4 is 4.90 Å². The van der Waals surface area contributed by atoms with Crippen LogP contribution in [0.4, 0.5) is 18.9 Å². The first-order valence-electron chi connectivity index (χ1n) is 7.34. The van der Waals surface area contributed by atoms with Crippen molar-refractivity contribution < 1.29 is 32.2 Å². The molecule has 0 saturated carbocycles. The maximum Gasteiger partial charge on any atom is 0.417 e. The van der Waals surface area contributed by atoms with Gasteiger partial charge in [0.1, 0.15) is 5.70 Å². The molecule has 0 saturated heterocycles. The first-order chi connectivity index (χ1) is 13.0. The number of nitrogens with zero attached hydrogens (tertiary/aromatic N) is 1. The van der Waals surface area contributed by atoms with Gasteiger partial charge >= 0.3 is 18.1 Å². The molecular weight excluding hydrogens is 446 g/mol. The number of carbonyl (C=O) groups is 2. The third-order valence-corrected chi connectivity index (χ3v) is 4.72. The Balaban J connectivity index is 2.83. The monoisotopic (exact) mass is 455 g/mol. The highest BCUT2D eigenvalue weighted by Crippen LogP contribution is 2.47. The van der Waals surface area contributed by atoms with Crippen LogP contribution in [-0.4, -0.2) is 26.2 Å². The lowest BCUT2D eigenvalue weighted by Gasteiger charge is -2.26. The van der Waals surface area contributed by atoms with Crippen LogP contribution in [-0.2, 0) is 25.2 Å². The summed E-state index contributed by atoms with van der Waals surface area (Å²) >= 11 is 17.9. The number of rotatable bonds is 3. The third kappa shape index (κ3) is 4.14. The van der Waals surface area contributed by atoms with E-state index in [-0.39, 0.29) is 17.0 Å². The van der Waals surface area contributed by atoms with Gasteiger partial charge < -0.3 is 14.4 Å². The number of alkyl halides is 3. The van der Waals surface area contributed by atoms with Gasteiger partial charge in [-0.2, -0.15) is 13.2 Å². The summed E-state index contributed by atoms with van der Waals surface area (Å²) in [6.07, 6.45) is 0.522. The fraction of sp³-hybridized carbons (Fsp3) is 0.176. The number of halogens is 6. The molecular formula is C17H11Cl3F3NO4. The van der Waals surface area contributed by atoms with Gasteiger partial charge in [-0.1, -0.05) is 40.9 Å². The minimum Gasteiger partial charge on any atom is -0.465 e. The Hall–Kier alpha value is -2.16. The van der Waals surface area contributed by atoms with Gasteiger partial charge in [-0.25, -0.2) is 9.59 Å². The second kappa shape index (κ2) is 8.46. The summed E-state index contributed by atoms with van der Waals surface area (Å²) in [6.45, 7) is 0. The van der Waals surface area contributed by atoms with E-state index in [9.17, 15) is 22.8 Å². The maximum atomic E-state index is 13.1. The summed E-state index contributed by atoms with van der Waals surface area (Å²) in [5, 5.41) is -1.85. The number of benzene rings is 1. The first kappa shape index (κ1) is 22.1. The number of hydrogen-bond acceptors (Lipinski definition) is 5. The Morgan fingerprint density at radius 1 is 1.00 bits per heavy atom. The van der Waals surface area contributed by atoms with E-state index in [1.807, 2.05) is 0 Å². The van der Waals surface area contributed by atoms with Gasteiger partial charge in [0.15, 0.2) is 0 Å². The molecule has 0 N–H and O–H groups in total. The van der Waals surface area contributed by atoms with E-state index in [1.165, 1.54) is 24.4 Å². The zero-order chi connectivity index (χ0) is 21.2. The van der Waals surface area contributed by atoms with Crippen LogP contribution in [0.1, 0.15) is 5.56 Å². The molecule has 1 aromatic rings. The molecule has 0 amide bonds. The molecule has 2 rings (SSSR count). The van der Waals surface area contributed by atoms with E-state index >= 15 is 0 Å². The van der Waals surface area contributed by atoms with Crippen LogP contribution in [0.2, 0.25) is 15.1 Å². The number of esters is 2. The average molecular weight is 457 g/mol. The topological polar surface area (TPSA) is 55.8 Å². The summed E-state index contributed by atoms with van der Waals surface area (Å²) in [4.78, 5) is 25.5. The zero-order valence-electron chi connectivity index (χ0n) is 14.2. The summed E-state index contributed by atoms with van der Waals surface area (Å²) in [5.41, 5.74) is -2.11. The smallest absolute Gasteiger partial charge is 0.417 e. The van der Waals surface area contributed by atoms with Gasteiger partial charge in [-0.15, -0.1) is 0 Å². The Kier molecular flexibility index (Phi) is 6.69. The molecule has 1 aliphatic rings. The summed E-state index contributed by atoms with van der Waals surface area (Å²) in [5.74, 6) is -1.88. The van der Waals surface area contributed by atoms with Gasteiger partial charge in [0.2, 0.25) is 0 Å². The van der Waals surface area contributed by atoms with Crippen molar-refractivity contribution in [3.05, 3.63) is 62.4 Å². The second-order valence-corrected chi connectivity index (χ2v) is 6.36. The lowest BCUT2D eigenvalue weighted by atomic mass is 10.1. The van der Waals surface area contributed by atoms with Crippen LogP contribution in [0.5, 0.6) is 0 Å². The number of anilines is 1. The van der Waals surface area contributed by atoms with Gasteiger partial charge in [0.25, 0.3) is 0 Å². The fourth-order valence-electron chi connectivity index (χ4n) is 2.35. The van der Waals surface area contributed by atoms with Crippen LogP contribution in [0.3, 0.4) is 0 Å². The number of methoxy groups -OCH3 is 2. The fourth-order valence-corrected chi connectivity index (χ4v) is 3.24. The highest BCUT2D eigenvalue weighted by atomic mass is 35.5. The van der Waals surface area contributed by atoms with E-state index in [0.29, 0.717) is 6.07 Å². The Morgan fingerprint density at radius 3 is 2.14 bits per heavy atom. The van der Waals surface area contributed by atoms with Crippen molar-refractivity contribution in [3.8, 4) is 0 Å². The first-order valence-corrected chi connectivity index (χ1v) is 8.47. The van der Waals surface area contributed by atoms with E-state index in [1.54, 1.807) is 0 Å². The second-order valence-electron chi connectivity index (χ2n) is 5.20. The number of hydrogen-bond donors (Lipinski definition) is 0. The van der Waals surface area contributed by atoms with Gasteiger partial charge in [-0.3, -0.25) is 0 Å². The van der Waals surface area contributed by atoms with Crippen molar-refractivity contribution in [2.75, 3.05) is 19.1 Å². The van der Waals surface area contributed by atoms with Crippen molar-refractivity contribution in [1.29, 1.82) is 0 Å². The largest absolute Gasteiger partial charge is 0.465 e. The molecule has 0 aromatic heterocycles. The minimum absolute atomic E-state index is 0.234. The SMILES string of the molecule is COC(=O)C1=C(C(=O)OC)N(c2c(Cl)cc(C(F)(F)F)c(Cl)c2Cl)C=CC=C1. The summed E-state index contributed by atoms with van der Waals surface area (Å²) < 4.78 is 48.8. The molecule has 5 nitrogen and oxygen atoms in total. The molecule has 0 radical (unpaired) electrons. The molecule has 1 heterocycles. The van der Waals surface area contributed by atoms with Crippen LogP contribution in [0.25, 0.3) is 0 Å². The Morgan fingerprint density at radius 2 is 1.61 bits per heavy atom. The minimum atomic E-state index is -4.81. The van der Waals surface area contributed by atoms with Gasteiger partial charge in [0.05, 0.1) is 46.1 Å². The lowest BCUT2D eigenvalue weighted by Crippen LogP contribution is -2.27. The number of carbonyl (C=O) groups excluding carboxylic acids is 2. The molecule has 150 valence electrons. The molecule has 11 heteroatoms. The molecule has 0 fully saturated rings. The molecule has 1 aromatic carbocycles. The highest BCUT2D eigenvalue weighted by molar-refractivity contribution is 6.47. The van der Waals surface area contributed by atoms with Crippen molar-refractivity contribution in [2.24, 2.45) is 0 Å². The molecule has 0 unspecified atom stereocenters. The van der Waals surface area contributed by atoms with E-state index in [4.69, 9.17) is 39.5 Å². The summed E-state index contributed by atoms with van der Waals surface area (Å²) in [6, 6.07) is 0.573. The predicted octanol–water partition coefficient (Wildman–Crippen LogP) is 5.16. The standard InChI is InChI=1S/C17H11Cl3F3NO4/c1-27-15(25)8-5-3-4-6-24(13(8)16(26)28-2)14-10(18)7-9(17(21,22)23)11(19)12(14)20/h3-7H,1-2H3. The Labute approximate surface area is 172 Å². The summed E-state index contributed by atoms with van der Waals surface area (Å²) in [7, 11) is 2.15. The number of allylic oxidation sites excluding steroid dienone is 2. The molecule has 0 spiro atoms. The van der Waals surface area contributed by atoms with Crippen molar-refractivity contribution in [1.82, 2.24) is 0 Å². The van der Waals surface area contributed by atoms with Crippen LogP contribution >= 0.6 is 34.8 Å². The Bertz CT molecular complexity index is 923. The molecule has 0 bridgehead atoms. The van der Waals surface area contributed by atoms with Crippen LogP contribution in [0.15, 0.2) is 41.8 Å². The molecule has 0 atom stereocenters. The van der Waals surface area contributed by atoms with E-state index in [0.717, 1.165) is 19.1 Å².